The molecule has 0 aromatic heterocycles. The van der Waals surface area contributed by atoms with Crippen molar-refractivity contribution in [3.05, 3.63) is 65.7 Å². The highest BCUT2D eigenvalue weighted by molar-refractivity contribution is 5.76. The Morgan fingerprint density at radius 1 is 0.947 bits per heavy atom. The highest BCUT2D eigenvalue weighted by Crippen LogP contribution is 2.15. The Kier molecular flexibility index (Phi) is 4.56. The lowest BCUT2D eigenvalue weighted by Crippen LogP contribution is -2.13. The van der Waals surface area contributed by atoms with Gasteiger partial charge >= 0.3 is 0 Å². The quantitative estimate of drug-likeness (QED) is 0.615. The van der Waals surface area contributed by atoms with Gasteiger partial charge in [0.05, 0.1) is 12.4 Å². The van der Waals surface area contributed by atoms with Gasteiger partial charge in [0.15, 0.2) is 0 Å². The van der Waals surface area contributed by atoms with Crippen LogP contribution in [0.4, 0.5) is 0 Å². The van der Waals surface area contributed by atoms with E-state index in [0.29, 0.717) is 13.0 Å². The predicted molar refractivity (Wildman–Crippen MR) is 77.7 cm³/mol. The Hall–Kier alpha value is -2.29. The number of benzene rings is 2. The monoisotopic (exact) mass is 254 g/mol. The van der Waals surface area contributed by atoms with Crippen molar-refractivity contribution in [3.8, 4) is 5.75 Å². The molecule has 2 aromatic rings. The van der Waals surface area contributed by atoms with Gasteiger partial charge in [-0.2, -0.15) is 0 Å². The molecule has 0 spiro atoms. The summed E-state index contributed by atoms with van der Waals surface area (Å²) in [4.78, 5) is 0. The van der Waals surface area contributed by atoms with Crippen molar-refractivity contribution >= 4 is 5.84 Å². The van der Waals surface area contributed by atoms with Gasteiger partial charge in [0.2, 0.25) is 0 Å². The number of rotatable bonds is 6. The summed E-state index contributed by atoms with van der Waals surface area (Å²) in [5, 5.41) is 7.12. The van der Waals surface area contributed by atoms with Gasteiger partial charge in [-0.15, -0.1) is 0 Å². The second-order valence-electron chi connectivity index (χ2n) is 4.43. The average Bonchev–Trinajstić information content (AvgIpc) is 2.42. The molecule has 2 aromatic carbocycles. The highest BCUT2D eigenvalue weighted by Gasteiger charge is 1.98. The Labute approximate surface area is 113 Å². The van der Waals surface area contributed by atoms with Crippen LogP contribution in [0.1, 0.15) is 17.5 Å². The number of hydrogen-bond acceptors (Lipinski definition) is 2. The lowest BCUT2D eigenvalue weighted by Gasteiger charge is -2.07. The number of nitrogens with one attached hydrogen (secondary N) is 1. The number of ether oxygens (including phenoxy) is 1. The van der Waals surface area contributed by atoms with E-state index >= 15 is 0 Å². The molecule has 0 bridgehead atoms. The highest BCUT2D eigenvalue weighted by atomic mass is 16.5. The molecule has 0 aliphatic carbocycles. The molecular weight excluding hydrogens is 236 g/mol. The fourth-order valence-corrected chi connectivity index (χ4v) is 1.81. The van der Waals surface area contributed by atoms with Crippen LogP contribution in [0.15, 0.2) is 54.6 Å². The van der Waals surface area contributed by atoms with Crippen LogP contribution in [-0.2, 0) is 6.42 Å². The maximum Gasteiger partial charge on any atom is 0.119 e. The zero-order valence-electron chi connectivity index (χ0n) is 10.8. The minimum absolute atomic E-state index is 0.153. The van der Waals surface area contributed by atoms with E-state index in [0.717, 1.165) is 12.2 Å². The molecule has 0 fully saturated rings. The Morgan fingerprint density at radius 3 is 2.21 bits per heavy atom. The molecule has 0 atom stereocenters. The predicted octanol–water partition coefficient (Wildman–Crippen LogP) is 2.98. The van der Waals surface area contributed by atoms with Crippen molar-refractivity contribution in [2.45, 2.75) is 12.8 Å². The molecule has 0 saturated carbocycles. The summed E-state index contributed by atoms with van der Waals surface area (Å²) in [6.45, 7) is 0.452. The number of amidine groups is 1. The van der Waals surface area contributed by atoms with Gasteiger partial charge in [-0.3, -0.25) is 5.41 Å². The molecule has 0 saturated heterocycles. The standard InChI is InChI=1S/C16H18N2O/c17-16(18)10-11-19-15-8-6-14(7-9-15)12-13-4-2-1-3-5-13/h1-9H,10-12H2,(H3,17,18). The molecule has 3 nitrogen and oxygen atoms in total. The third-order valence-corrected chi connectivity index (χ3v) is 2.81. The van der Waals surface area contributed by atoms with Crippen molar-refractivity contribution in [2.75, 3.05) is 6.61 Å². The van der Waals surface area contributed by atoms with E-state index in [1.807, 2.05) is 18.2 Å². The second kappa shape index (κ2) is 6.59. The van der Waals surface area contributed by atoms with Crippen molar-refractivity contribution < 1.29 is 4.74 Å². The first-order chi connectivity index (χ1) is 9.24. The van der Waals surface area contributed by atoms with E-state index in [1.165, 1.54) is 11.1 Å². The van der Waals surface area contributed by atoms with E-state index < -0.39 is 0 Å². The van der Waals surface area contributed by atoms with Gasteiger partial charge in [-0.05, 0) is 29.7 Å². The van der Waals surface area contributed by atoms with Crippen LogP contribution < -0.4 is 10.5 Å². The third kappa shape index (κ3) is 4.47. The van der Waals surface area contributed by atoms with Gasteiger partial charge in [0.25, 0.3) is 0 Å². The molecule has 2 rings (SSSR count). The van der Waals surface area contributed by atoms with Crippen LogP contribution in [-0.4, -0.2) is 12.4 Å². The molecular formula is C16H18N2O. The Balaban J connectivity index is 1.89. The minimum atomic E-state index is 0.153. The van der Waals surface area contributed by atoms with Crippen molar-refractivity contribution in [1.29, 1.82) is 5.41 Å². The van der Waals surface area contributed by atoms with Gasteiger partial charge in [-0.1, -0.05) is 42.5 Å². The van der Waals surface area contributed by atoms with E-state index in [1.54, 1.807) is 0 Å². The maximum atomic E-state index is 7.12. The molecule has 0 unspecified atom stereocenters. The molecule has 0 aliphatic rings. The summed E-state index contributed by atoms with van der Waals surface area (Å²) in [6, 6.07) is 18.4. The molecule has 0 heterocycles. The van der Waals surface area contributed by atoms with Crippen LogP contribution in [0.5, 0.6) is 5.75 Å². The summed E-state index contributed by atoms with van der Waals surface area (Å²) in [6.07, 6.45) is 1.39. The summed E-state index contributed by atoms with van der Waals surface area (Å²) in [5.41, 5.74) is 7.82. The first-order valence-electron chi connectivity index (χ1n) is 6.32. The molecule has 0 aliphatic heterocycles. The minimum Gasteiger partial charge on any atom is -0.493 e. The van der Waals surface area contributed by atoms with Crippen LogP contribution in [0, 0.1) is 5.41 Å². The summed E-state index contributed by atoms with van der Waals surface area (Å²) >= 11 is 0. The van der Waals surface area contributed by atoms with E-state index in [-0.39, 0.29) is 5.84 Å². The first kappa shape index (κ1) is 13.1. The first-order valence-corrected chi connectivity index (χ1v) is 6.32. The number of hydrogen-bond donors (Lipinski definition) is 2. The Bertz CT molecular complexity index is 520. The lowest BCUT2D eigenvalue weighted by atomic mass is 10.1. The zero-order valence-corrected chi connectivity index (χ0v) is 10.8. The lowest BCUT2D eigenvalue weighted by molar-refractivity contribution is 0.328. The van der Waals surface area contributed by atoms with Crippen LogP contribution in [0.25, 0.3) is 0 Å². The van der Waals surface area contributed by atoms with Crippen LogP contribution >= 0.6 is 0 Å². The SMILES string of the molecule is N=C(N)CCOc1ccc(Cc2ccccc2)cc1. The normalized spacial score (nSPS) is 10.1. The molecule has 0 radical (unpaired) electrons. The van der Waals surface area contributed by atoms with Crippen LogP contribution in [0.2, 0.25) is 0 Å². The molecule has 0 amide bonds. The molecule has 98 valence electrons. The molecule has 3 heteroatoms. The van der Waals surface area contributed by atoms with Gasteiger partial charge in [-0.25, -0.2) is 0 Å². The van der Waals surface area contributed by atoms with Crippen LogP contribution in [0.3, 0.4) is 0 Å². The van der Waals surface area contributed by atoms with Crippen molar-refractivity contribution in [2.24, 2.45) is 5.73 Å². The average molecular weight is 254 g/mol. The van der Waals surface area contributed by atoms with Gasteiger partial charge in [0.1, 0.15) is 5.75 Å². The summed E-state index contributed by atoms with van der Waals surface area (Å²) < 4.78 is 5.50. The zero-order chi connectivity index (χ0) is 13.5. The van der Waals surface area contributed by atoms with E-state index in [4.69, 9.17) is 15.9 Å². The van der Waals surface area contributed by atoms with Crippen molar-refractivity contribution in [3.63, 3.8) is 0 Å². The number of nitrogens with two attached hydrogens (primary N) is 1. The largest absolute Gasteiger partial charge is 0.493 e. The maximum absolute atomic E-state index is 7.12. The van der Waals surface area contributed by atoms with Gasteiger partial charge < -0.3 is 10.5 Å². The Morgan fingerprint density at radius 2 is 1.58 bits per heavy atom. The molecule has 3 N–H and O–H groups in total. The van der Waals surface area contributed by atoms with E-state index in [9.17, 15) is 0 Å². The van der Waals surface area contributed by atoms with Crippen molar-refractivity contribution in [1.82, 2.24) is 0 Å². The van der Waals surface area contributed by atoms with Gasteiger partial charge in [0, 0.05) is 6.42 Å². The summed E-state index contributed by atoms with van der Waals surface area (Å²) in [5.74, 6) is 0.971. The smallest absolute Gasteiger partial charge is 0.119 e. The topological polar surface area (TPSA) is 59.1 Å². The molecule has 19 heavy (non-hydrogen) atoms. The fourth-order valence-electron chi connectivity index (χ4n) is 1.81. The van der Waals surface area contributed by atoms with E-state index in [2.05, 4.69) is 36.4 Å². The summed E-state index contributed by atoms with van der Waals surface area (Å²) in [7, 11) is 0. The fraction of sp³-hybridized carbons (Fsp3) is 0.188. The third-order valence-electron chi connectivity index (χ3n) is 2.81. The second-order valence-corrected chi connectivity index (χ2v) is 4.43.